The van der Waals surface area contributed by atoms with E-state index in [0.717, 1.165) is 10.4 Å². The van der Waals surface area contributed by atoms with Gasteiger partial charge in [-0.25, -0.2) is 0 Å². The van der Waals surface area contributed by atoms with Gasteiger partial charge in [0.05, 0.1) is 16.4 Å². The van der Waals surface area contributed by atoms with Crippen LogP contribution < -0.4 is 0 Å². The molecule has 1 heterocycles. The number of nitrogens with zero attached hydrogens (tertiary/aromatic N) is 2. The predicted molar refractivity (Wildman–Crippen MR) is 47.3 cm³/mol. The minimum absolute atomic E-state index is 0.932. The molecule has 0 unspecified atom stereocenters. The quantitative estimate of drug-likeness (QED) is 0.738. The van der Waals surface area contributed by atoms with Gasteiger partial charge in [0.2, 0.25) is 0 Å². The van der Waals surface area contributed by atoms with Crippen LogP contribution in [-0.2, 0) is 13.5 Å². The van der Waals surface area contributed by atoms with Gasteiger partial charge in [-0.2, -0.15) is 5.10 Å². The Balaban J connectivity index is 2.19. The molecular weight excluding hydrogens is 204 g/mol. The maximum atomic E-state index is 4.17. The van der Waals surface area contributed by atoms with Gasteiger partial charge in [-0.15, -0.1) is 0 Å². The van der Waals surface area contributed by atoms with Crippen molar-refractivity contribution < 1.29 is 0 Å². The summed E-state index contributed by atoms with van der Waals surface area (Å²) in [5, 5.41) is 4.17. The summed E-state index contributed by atoms with van der Waals surface area (Å²) in [6.45, 7) is 0. The summed E-state index contributed by atoms with van der Waals surface area (Å²) < 4.78 is 3.12. The van der Waals surface area contributed by atoms with E-state index in [-0.39, 0.29) is 0 Å². The van der Waals surface area contributed by atoms with E-state index in [4.69, 9.17) is 0 Å². The Morgan fingerprint density at radius 2 is 2.45 bits per heavy atom. The number of rotatable bonds is 2. The first kappa shape index (κ1) is 7.35. The molecule has 0 N–H and O–H groups in total. The minimum atomic E-state index is 0.932. The Bertz CT molecular complexity index is 244. The van der Waals surface area contributed by atoms with Crippen LogP contribution in [0.2, 0.25) is 0 Å². The Kier molecular flexibility index (Phi) is 1.75. The van der Waals surface area contributed by atoms with E-state index >= 15 is 0 Å². The second kappa shape index (κ2) is 2.63. The summed E-state index contributed by atoms with van der Waals surface area (Å²) in [5.41, 5.74) is 1.34. The second-order valence-corrected chi connectivity index (χ2v) is 4.06. The van der Waals surface area contributed by atoms with Gasteiger partial charge in [0.1, 0.15) is 0 Å². The zero-order chi connectivity index (χ0) is 7.84. The Labute approximate surface area is 74.7 Å². The Morgan fingerprint density at radius 3 is 2.91 bits per heavy atom. The summed E-state index contributed by atoms with van der Waals surface area (Å²) in [5.74, 6) is 0.932. The first-order chi connectivity index (χ1) is 5.27. The average molecular weight is 215 g/mol. The second-order valence-electron chi connectivity index (χ2n) is 3.21. The molecule has 11 heavy (non-hydrogen) atoms. The third-order valence-corrected chi connectivity index (χ3v) is 2.85. The molecule has 1 aliphatic carbocycles. The summed E-state index contributed by atoms with van der Waals surface area (Å²) in [6.07, 6.45) is 5.87. The van der Waals surface area contributed by atoms with Crippen molar-refractivity contribution in [3.05, 3.63) is 16.4 Å². The number of aryl methyl sites for hydroxylation is 1. The lowest BCUT2D eigenvalue weighted by Gasteiger charge is -1.99. The largest absolute Gasteiger partial charge is 0.271 e. The SMILES string of the molecule is Cn1ncc(Br)c1CC1CC1. The molecule has 60 valence electrons. The molecule has 1 aliphatic rings. The molecule has 0 saturated heterocycles. The lowest BCUT2D eigenvalue weighted by Crippen LogP contribution is -1.99. The van der Waals surface area contributed by atoms with Crippen molar-refractivity contribution in [1.29, 1.82) is 0 Å². The highest BCUT2D eigenvalue weighted by atomic mass is 79.9. The van der Waals surface area contributed by atoms with Gasteiger partial charge in [0.15, 0.2) is 0 Å². The van der Waals surface area contributed by atoms with Gasteiger partial charge < -0.3 is 0 Å². The van der Waals surface area contributed by atoms with E-state index in [2.05, 4.69) is 21.0 Å². The van der Waals surface area contributed by atoms with Crippen LogP contribution in [0.15, 0.2) is 10.7 Å². The molecule has 0 atom stereocenters. The van der Waals surface area contributed by atoms with Crippen LogP contribution in [0.1, 0.15) is 18.5 Å². The number of hydrogen-bond donors (Lipinski definition) is 0. The lowest BCUT2D eigenvalue weighted by atomic mass is 10.2. The minimum Gasteiger partial charge on any atom is -0.271 e. The van der Waals surface area contributed by atoms with Crippen molar-refractivity contribution in [1.82, 2.24) is 9.78 Å². The maximum absolute atomic E-state index is 4.17. The van der Waals surface area contributed by atoms with Crippen LogP contribution in [0.3, 0.4) is 0 Å². The molecular formula is C8H11BrN2. The van der Waals surface area contributed by atoms with E-state index in [9.17, 15) is 0 Å². The Morgan fingerprint density at radius 1 is 1.73 bits per heavy atom. The third kappa shape index (κ3) is 1.48. The van der Waals surface area contributed by atoms with Crippen molar-refractivity contribution in [2.45, 2.75) is 19.3 Å². The number of halogens is 1. The van der Waals surface area contributed by atoms with Crippen LogP contribution in [-0.4, -0.2) is 9.78 Å². The van der Waals surface area contributed by atoms with Crippen molar-refractivity contribution in [3.63, 3.8) is 0 Å². The van der Waals surface area contributed by atoms with Crippen LogP contribution in [0.25, 0.3) is 0 Å². The smallest absolute Gasteiger partial charge is 0.0635 e. The normalized spacial score (nSPS) is 17.3. The zero-order valence-corrected chi connectivity index (χ0v) is 8.13. The standard InChI is InChI=1S/C8H11BrN2/c1-11-8(4-6-2-3-6)7(9)5-10-11/h5-6H,2-4H2,1H3. The van der Waals surface area contributed by atoms with Crippen molar-refractivity contribution in [3.8, 4) is 0 Å². The summed E-state index contributed by atoms with van der Waals surface area (Å²) in [6, 6.07) is 0. The molecule has 2 nitrogen and oxygen atoms in total. The number of hydrogen-bond acceptors (Lipinski definition) is 1. The predicted octanol–water partition coefficient (Wildman–Crippen LogP) is 2.14. The van der Waals surface area contributed by atoms with Gasteiger partial charge in [-0.1, -0.05) is 0 Å². The van der Waals surface area contributed by atoms with Crippen molar-refractivity contribution in [2.24, 2.45) is 13.0 Å². The third-order valence-electron chi connectivity index (χ3n) is 2.19. The lowest BCUT2D eigenvalue weighted by molar-refractivity contribution is 0.675. The topological polar surface area (TPSA) is 17.8 Å². The number of aromatic nitrogens is 2. The molecule has 0 aliphatic heterocycles. The van der Waals surface area contributed by atoms with Crippen LogP contribution >= 0.6 is 15.9 Å². The monoisotopic (exact) mass is 214 g/mol. The highest BCUT2D eigenvalue weighted by Gasteiger charge is 2.23. The van der Waals surface area contributed by atoms with Crippen molar-refractivity contribution in [2.75, 3.05) is 0 Å². The fourth-order valence-electron chi connectivity index (χ4n) is 1.26. The van der Waals surface area contributed by atoms with Gasteiger partial charge in [-0.05, 0) is 41.1 Å². The molecule has 2 rings (SSSR count). The van der Waals surface area contributed by atoms with Gasteiger partial charge >= 0.3 is 0 Å². The molecule has 1 fully saturated rings. The highest BCUT2D eigenvalue weighted by molar-refractivity contribution is 9.10. The van der Waals surface area contributed by atoms with E-state index in [0.29, 0.717) is 0 Å². The van der Waals surface area contributed by atoms with E-state index in [1.165, 1.54) is 25.0 Å². The van der Waals surface area contributed by atoms with Gasteiger partial charge in [0, 0.05) is 7.05 Å². The molecule has 0 radical (unpaired) electrons. The fraction of sp³-hybridized carbons (Fsp3) is 0.625. The van der Waals surface area contributed by atoms with Gasteiger partial charge in [0.25, 0.3) is 0 Å². The van der Waals surface area contributed by atoms with Crippen LogP contribution in [0.4, 0.5) is 0 Å². The summed E-state index contributed by atoms with van der Waals surface area (Å²) >= 11 is 3.49. The summed E-state index contributed by atoms with van der Waals surface area (Å²) in [7, 11) is 2.00. The first-order valence-electron chi connectivity index (χ1n) is 3.93. The van der Waals surface area contributed by atoms with E-state index in [1.807, 2.05) is 17.9 Å². The highest BCUT2D eigenvalue weighted by Crippen LogP contribution is 2.34. The fourth-order valence-corrected chi connectivity index (χ4v) is 1.77. The molecule has 0 spiro atoms. The average Bonchev–Trinajstić information content (AvgIpc) is 2.73. The van der Waals surface area contributed by atoms with Crippen LogP contribution in [0, 0.1) is 5.92 Å². The molecule has 0 aromatic carbocycles. The first-order valence-corrected chi connectivity index (χ1v) is 4.73. The van der Waals surface area contributed by atoms with Gasteiger partial charge in [-0.3, -0.25) is 4.68 Å². The molecule has 1 aromatic heterocycles. The molecule has 1 saturated carbocycles. The zero-order valence-electron chi connectivity index (χ0n) is 6.55. The van der Waals surface area contributed by atoms with Crippen molar-refractivity contribution >= 4 is 15.9 Å². The molecule has 3 heteroatoms. The van der Waals surface area contributed by atoms with Crippen LogP contribution in [0.5, 0.6) is 0 Å². The molecule has 0 bridgehead atoms. The molecule has 1 aromatic rings. The summed E-state index contributed by atoms with van der Waals surface area (Å²) in [4.78, 5) is 0. The molecule has 0 amide bonds. The van der Waals surface area contributed by atoms with E-state index in [1.54, 1.807) is 0 Å². The Hall–Kier alpha value is -0.310. The maximum Gasteiger partial charge on any atom is 0.0635 e. The van der Waals surface area contributed by atoms with E-state index < -0.39 is 0 Å².